The molecule has 0 saturated heterocycles. The number of carbonyl (C=O) groups is 1. The van der Waals surface area contributed by atoms with Crippen molar-refractivity contribution in [2.75, 3.05) is 13.2 Å². The minimum Gasteiger partial charge on any atom is -0.493 e. The summed E-state index contributed by atoms with van der Waals surface area (Å²) >= 11 is 0. The Labute approximate surface area is 123 Å². The predicted molar refractivity (Wildman–Crippen MR) is 77.4 cm³/mol. The van der Waals surface area contributed by atoms with Crippen molar-refractivity contribution in [3.05, 3.63) is 46.8 Å². The van der Waals surface area contributed by atoms with E-state index in [-0.39, 0.29) is 11.8 Å². The van der Waals surface area contributed by atoms with Crippen molar-refractivity contribution >= 4 is 5.91 Å². The summed E-state index contributed by atoms with van der Waals surface area (Å²) in [4.78, 5) is 12.2. The van der Waals surface area contributed by atoms with E-state index in [1.807, 2.05) is 18.2 Å². The third kappa shape index (κ3) is 2.77. The fraction of sp³-hybridized carbons (Fsp3) is 0.375. The molecule has 0 radical (unpaired) electrons. The van der Waals surface area contributed by atoms with Gasteiger partial charge in [0, 0.05) is 12.5 Å². The molecular weight excluding hydrogens is 268 g/mol. The number of para-hydroxylation sites is 1. The van der Waals surface area contributed by atoms with Crippen LogP contribution in [-0.4, -0.2) is 24.2 Å². The second-order valence-electron chi connectivity index (χ2n) is 5.40. The fourth-order valence-corrected chi connectivity index (χ4v) is 2.65. The van der Waals surface area contributed by atoms with Gasteiger partial charge in [0.25, 0.3) is 5.91 Å². The number of fused-ring (bicyclic) bond motifs is 1. The van der Waals surface area contributed by atoms with Crippen LogP contribution < -0.4 is 10.1 Å². The lowest BCUT2D eigenvalue weighted by molar-refractivity contribution is 0.0937. The van der Waals surface area contributed by atoms with Gasteiger partial charge in [-0.15, -0.1) is 0 Å². The molecule has 0 saturated carbocycles. The smallest absolute Gasteiger partial charge is 0.256 e. The zero-order valence-corrected chi connectivity index (χ0v) is 12.2. The normalized spacial score (nSPS) is 17.0. The molecule has 110 valence electrons. The van der Waals surface area contributed by atoms with E-state index in [0.717, 1.165) is 12.2 Å². The molecule has 5 heteroatoms. The molecule has 1 N–H and O–H groups in total. The molecule has 0 aliphatic carbocycles. The number of rotatable bonds is 3. The Bertz CT molecular complexity index is 644. The summed E-state index contributed by atoms with van der Waals surface area (Å²) in [5.41, 5.74) is 2.35. The molecular formula is C16H18N2O3. The maximum absolute atomic E-state index is 12.2. The van der Waals surface area contributed by atoms with Gasteiger partial charge in [0.1, 0.15) is 17.1 Å². The molecule has 5 nitrogen and oxygen atoms in total. The first-order chi connectivity index (χ1) is 10.1. The van der Waals surface area contributed by atoms with E-state index in [0.29, 0.717) is 30.2 Å². The SMILES string of the molecule is Cc1noc(C)c1C(=O)NC[C@H]1COc2ccccc2C1. The lowest BCUT2D eigenvalue weighted by atomic mass is 9.96. The van der Waals surface area contributed by atoms with Crippen LogP contribution >= 0.6 is 0 Å². The van der Waals surface area contributed by atoms with Gasteiger partial charge in [0.05, 0.1) is 12.3 Å². The van der Waals surface area contributed by atoms with Crippen LogP contribution in [0.15, 0.2) is 28.8 Å². The Morgan fingerprint density at radius 2 is 2.19 bits per heavy atom. The van der Waals surface area contributed by atoms with Crippen molar-refractivity contribution in [2.24, 2.45) is 5.92 Å². The number of nitrogens with one attached hydrogen (secondary N) is 1. The van der Waals surface area contributed by atoms with E-state index in [1.54, 1.807) is 13.8 Å². The summed E-state index contributed by atoms with van der Waals surface area (Å²) in [6.45, 7) is 4.72. The highest BCUT2D eigenvalue weighted by atomic mass is 16.5. The number of benzene rings is 1. The summed E-state index contributed by atoms with van der Waals surface area (Å²) in [5, 5.41) is 6.75. The lowest BCUT2D eigenvalue weighted by Gasteiger charge is -2.25. The molecule has 1 atom stereocenters. The van der Waals surface area contributed by atoms with Crippen molar-refractivity contribution in [1.29, 1.82) is 0 Å². The number of ether oxygens (including phenoxy) is 1. The van der Waals surface area contributed by atoms with E-state index in [9.17, 15) is 4.79 Å². The first-order valence-electron chi connectivity index (χ1n) is 7.07. The Balaban J connectivity index is 1.61. The molecule has 2 heterocycles. The zero-order valence-electron chi connectivity index (χ0n) is 12.2. The lowest BCUT2D eigenvalue weighted by Crippen LogP contribution is -2.35. The molecule has 0 bridgehead atoms. The summed E-state index contributed by atoms with van der Waals surface area (Å²) in [7, 11) is 0. The maximum atomic E-state index is 12.2. The van der Waals surface area contributed by atoms with Crippen LogP contribution in [-0.2, 0) is 6.42 Å². The van der Waals surface area contributed by atoms with Gasteiger partial charge in [0.15, 0.2) is 0 Å². The van der Waals surface area contributed by atoms with Gasteiger partial charge in [-0.25, -0.2) is 0 Å². The van der Waals surface area contributed by atoms with Crippen molar-refractivity contribution in [2.45, 2.75) is 20.3 Å². The van der Waals surface area contributed by atoms with Crippen molar-refractivity contribution in [1.82, 2.24) is 10.5 Å². The molecule has 1 aliphatic heterocycles. The summed E-state index contributed by atoms with van der Waals surface area (Å²) in [6, 6.07) is 8.02. The van der Waals surface area contributed by atoms with E-state index in [2.05, 4.69) is 16.5 Å². The van der Waals surface area contributed by atoms with Gasteiger partial charge in [-0.05, 0) is 31.9 Å². The molecule has 21 heavy (non-hydrogen) atoms. The van der Waals surface area contributed by atoms with Crippen molar-refractivity contribution in [3.63, 3.8) is 0 Å². The Morgan fingerprint density at radius 3 is 2.95 bits per heavy atom. The number of hydrogen-bond acceptors (Lipinski definition) is 4. The number of aryl methyl sites for hydroxylation is 2. The quantitative estimate of drug-likeness (QED) is 0.940. The van der Waals surface area contributed by atoms with Gasteiger partial charge in [-0.2, -0.15) is 0 Å². The second kappa shape index (κ2) is 5.60. The second-order valence-corrected chi connectivity index (χ2v) is 5.40. The molecule has 0 unspecified atom stereocenters. The standard InChI is InChI=1S/C16H18N2O3/c1-10-15(11(2)21-18-10)16(19)17-8-12-7-13-5-3-4-6-14(13)20-9-12/h3-6,12H,7-9H2,1-2H3,(H,17,19)/t12-/m0/s1. The van der Waals surface area contributed by atoms with Crippen LogP contribution in [0.3, 0.4) is 0 Å². The van der Waals surface area contributed by atoms with Gasteiger partial charge in [0.2, 0.25) is 0 Å². The van der Waals surface area contributed by atoms with Crippen LogP contribution in [0.25, 0.3) is 0 Å². The van der Waals surface area contributed by atoms with Gasteiger partial charge < -0.3 is 14.6 Å². The number of carbonyl (C=O) groups excluding carboxylic acids is 1. The average Bonchev–Trinajstić information content (AvgIpc) is 2.84. The summed E-state index contributed by atoms with van der Waals surface area (Å²) < 4.78 is 10.7. The first-order valence-corrected chi connectivity index (χ1v) is 7.07. The molecule has 1 aromatic carbocycles. The molecule has 1 aliphatic rings. The largest absolute Gasteiger partial charge is 0.493 e. The molecule has 3 rings (SSSR count). The third-order valence-corrected chi connectivity index (χ3v) is 3.77. The highest BCUT2D eigenvalue weighted by Gasteiger charge is 2.22. The number of amides is 1. The molecule has 1 aromatic heterocycles. The summed E-state index contributed by atoms with van der Waals surface area (Å²) in [5.74, 6) is 1.65. The average molecular weight is 286 g/mol. The number of hydrogen-bond donors (Lipinski definition) is 1. The van der Waals surface area contributed by atoms with Crippen LogP contribution in [0.1, 0.15) is 27.4 Å². The molecule has 0 fully saturated rings. The van der Waals surface area contributed by atoms with Crippen LogP contribution in [0.4, 0.5) is 0 Å². The Kier molecular flexibility index (Phi) is 3.64. The van der Waals surface area contributed by atoms with E-state index in [4.69, 9.17) is 9.26 Å². The Hall–Kier alpha value is -2.30. The Morgan fingerprint density at radius 1 is 1.38 bits per heavy atom. The maximum Gasteiger partial charge on any atom is 0.256 e. The van der Waals surface area contributed by atoms with Gasteiger partial charge in [-0.3, -0.25) is 4.79 Å². The predicted octanol–water partition coefficient (Wildman–Crippen LogP) is 2.27. The molecule has 1 amide bonds. The monoisotopic (exact) mass is 286 g/mol. The first kappa shape index (κ1) is 13.7. The zero-order chi connectivity index (χ0) is 14.8. The van der Waals surface area contributed by atoms with E-state index >= 15 is 0 Å². The number of aromatic nitrogens is 1. The molecule has 2 aromatic rings. The summed E-state index contributed by atoms with van der Waals surface area (Å²) in [6.07, 6.45) is 0.915. The minimum absolute atomic E-state index is 0.134. The molecule has 0 spiro atoms. The third-order valence-electron chi connectivity index (χ3n) is 3.77. The highest BCUT2D eigenvalue weighted by Crippen LogP contribution is 2.26. The van der Waals surface area contributed by atoms with Crippen LogP contribution in [0.2, 0.25) is 0 Å². The van der Waals surface area contributed by atoms with Crippen LogP contribution in [0, 0.1) is 19.8 Å². The highest BCUT2D eigenvalue weighted by molar-refractivity contribution is 5.96. The van der Waals surface area contributed by atoms with Crippen LogP contribution in [0.5, 0.6) is 5.75 Å². The number of nitrogens with zero attached hydrogens (tertiary/aromatic N) is 1. The topological polar surface area (TPSA) is 64.4 Å². The van der Waals surface area contributed by atoms with Crippen molar-refractivity contribution in [3.8, 4) is 5.75 Å². The van der Waals surface area contributed by atoms with Crippen molar-refractivity contribution < 1.29 is 14.1 Å². The minimum atomic E-state index is -0.134. The van der Waals surface area contributed by atoms with E-state index in [1.165, 1.54) is 5.56 Å². The van der Waals surface area contributed by atoms with Gasteiger partial charge >= 0.3 is 0 Å². The fourth-order valence-electron chi connectivity index (χ4n) is 2.65. The van der Waals surface area contributed by atoms with E-state index < -0.39 is 0 Å². The van der Waals surface area contributed by atoms with Gasteiger partial charge in [-0.1, -0.05) is 23.4 Å².